The Morgan fingerprint density at radius 3 is 2.32 bits per heavy atom. The van der Waals surface area contributed by atoms with Crippen LogP contribution < -0.4 is 10.1 Å². The zero-order chi connectivity index (χ0) is 30.0. The van der Waals surface area contributed by atoms with Gasteiger partial charge in [-0.05, 0) is 89.3 Å². The number of carboxylic acids is 1. The van der Waals surface area contributed by atoms with Gasteiger partial charge in [0, 0.05) is 39.1 Å². The molecule has 0 aliphatic carbocycles. The number of amides is 3. The average molecular weight is 574 g/mol. The van der Waals surface area contributed by atoms with E-state index in [4.69, 9.17) is 9.47 Å². The third-order valence-corrected chi connectivity index (χ3v) is 7.99. The van der Waals surface area contributed by atoms with Crippen LogP contribution in [0.15, 0.2) is 24.3 Å². The van der Waals surface area contributed by atoms with E-state index in [-0.39, 0.29) is 30.4 Å². The summed E-state index contributed by atoms with van der Waals surface area (Å²) in [7, 11) is 1.60. The fourth-order valence-corrected chi connectivity index (χ4v) is 5.45. The molecule has 2 atom stereocenters. The van der Waals surface area contributed by atoms with Gasteiger partial charge >= 0.3 is 12.1 Å². The molecular weight excluding hydrogens is 526 g/mol. The van der Waals surface area contributed by atoms with Gasteiger partial charge in [-0.25, -0.2) is 4.79 Å². The molecule has 10 nitrogen and oxygen atoms in total. The Balaban J connectivity index is 1.38. The molecule has 1 aromatic rings. The van der Waals surface area contributed by atoms with Gasteiger partial charge in [-0.2, -0.15) is 0 Å². The molecule has 0 bridgehead atoms. The number of aliphatic carboxylic acids is 1. The maximum Gasteiger partial charge on any atom is 0.410 e. The lowest BCUT2D eigenvalue weighted by molar-refractivity contribution is -0.142. The van der Waals surface area contributed by atoms with Crippen LogP contribution in [0.25, 0.3) is 0 Å². The molecule has 2 saturated heterocycles. The lowest BCUT2D eigenvalue weighted by Gasteiger charge is -2.34. The maximum atomic E-state index is 13.0. The van der Waals surface area contributed by atoms with Gasteiger partial charge in [0.1, 0.15) is 11.4 Å². The molecule has 0 saturated carbocycles. The van der Waals surface area contributed by atoms with Crippen molar-refractivity contribution in [2.45, 2.75) is 77.7 Å². The molecule has 0 unspecified atom stereocenters. The van der Waals surface area contributed by atoms with E-state index >= 15 is 0 Å². The first-order valence-corrected chi connectivity index (χ1v) is 14.8. The van der Waals surface area contributed by atoms with E-state index in [0.717, 1.165) is 37.0 Å². The third-order valence-electron chi connectivity index (χ3n) is 7.99. The molecule has 2 aliphatic heterocycles. The predicted molar refractivity (Wildman–Crippen MR) is 155 cm³/mol. The van der Waals surface area contributed by atoms with E-state index in [0.29, 0.717) is 57.8 Å². The fourth-order valence-electron chi connectivity index (χ4n) is 5.45. The van der Waals surface area contributed by atoms with Gasteiger partial charge in [0.05, 0.1) is 18.9 Å². The Bertz CT molecular complexity index is 1030. The number of carbonyl (C=O) groups is 4. The van der Waals surface area contributed by atoms with Crippen LogP contribution in [0.4, 0.5) is 4.79 Å². The van der Waals surface area contributed by atoms with E-state index < -0.39 is 17.5 Å². The Morgan fingerprint density at radius 2 is 1.71 bits per heavy atom. The van der Waals surface area contributed by atoms with Gasteiger partial charge < -0.3 is 29.7 Å². The molecule has 228 valence electrons. The number of carbonyl (C=O) groups excluding carboxylic acids is 3. The number of rotatable bonds is 11. The summed E-state index contributed by atoms with van der Waals surface area (Å²) >= 11 is 0. The number of nitrogens with zero attached hydrogens (tertiary/aromatic N) is 2. The van der Waals surface area contributed by atoms with Crippen molar-refractivity contribution in [3.8, 4) is 5.75 Å². The van der Waals surface area contributed by atoms with Crippen molar-refractivity contribution in [1.29, 1.82) is 0 Å². The standard InChI is InChI=1S/C31H47N3O7/c1-31(2,3)41-30(39)33-18-15-23(16-19-33)10-14-27(35)34-17-5-6-25(21-34)28(36)32-20-24(29(37)38)11-7-22-8-12-26(40-4)13-9-22/h8-9,12-13,23-25H,5-7,10-11,14-21H2,1-4H3,(H,32,36)(H,37,38)/t24-,25-/m1/s1. The minimum atomic E-state index is -0.934. The van der Waals surface area contributed by atoms with Gasteiger partial charge in [0.25, 0.3) is 0 Å². The molecule has 41 heavy (non-hydrogen) atoms. The smallest absolute Gasteiger partial charge is 0.410 e. The van der Waals surface area contributed by atoms with Gasteiger partial charge in [-0.15, -0.1) is 0 Å². The average Bonchev–Trinajstić information content (AvgIpc) is 2.95. The van der Waals surface area contributed by atoms with Crippen molar-refractivity contribution >= 4 is 23.9 Å². The van der Waals surface area contributed by atoms with Crippen LogP contribution in [0.1, 0.15) is 71.3 Å². The fraction of sp³-hybridized carbons (Fsp3) is 0.677. The van der Waals surface area contributed by atoms with E-state index in [9.17, 15) is 24.3 Å². The third kappa shape index (κ3) is 10.6. The highest BCUT2D eigenvalue weighted by Gasteiger charge is 2.31. The van der Waals surface area contributed by atoms with Gasteiger partial charge in [0.15, 0.2) is 0 Å². The highest BCUT2D eigenvalue weighted by atomic mass is 16.6. The number of likely N-dealkylation sites (tertiary alicyclic amines) is 2. The second-order valence-electron chi connectivity index (χ2n) is 12.3. The van der Waals surface area contributed by atoms with Crippen LogP contribution >= 0.6 is 0 Å². The molecule has 2 heterocycles. The summed E-state index contributed by atoms with van der Waals surface area (Å²) in [6.07, 6.45) is 5.04. The Kier molecular flexibility index (Phi) is 11.8. The number of aryl methyl sites for hydroxylation is 1. The molecule has 3 rings (SSSR count). The molecule has 0 spiro atoms. The van der Waals surface area contributed by atoms with Crippen molar-refractivity contribution < 1.29 is 33.8 Å². The summed E-state index contributed by atoms with van der Waals surface area (Å²) in [5.41, 5.74) is 0.498. The number of carboxylic acid groups (broad SMARTS) is 1. The largest absolute Gasteiger partial charge is 0.497 e. The van der Waals surface area contributed by atoms with Gasteiger partial charge in [-0.3, -0.25) is 14.4 Å². The summed E-state index contributed by atoms with van der Waals surface area (Å²) in [6.45, 7) is 7.92. The first kappa shape index (κ1) is 32.2. The lowest BCUT2D eigenvalue weighted by atomic mass is 9.91. The summed E-state index contributed by atoms with van der Waals surface area (Å²) in [5.74, 6) is -0.961. The number of piperidine rings is 2. The Hall–Kier alpha value is -3.30. The topological polar surface area (TPSA) is 125 Å². The number of hydrogen-bond acceptors (Lipinski definition) is 6. The van der Waals surface area contributed by atoms with E-state index in [1.54, 1.807) is 16.9 Å². The molecule has 2 N–H and O–H groups in total. The van der Waals surface area contributed by atoms with Gasteiger partial charge in [-0.1, -0.05) is 12.1 Å². The predicted octanol–water partition coefficient (Wildman–Crippen LogP) is 4.11. The highest BCUT2D eigenvalue weighted by Crippen LogP contribution is 2.25. The first-order chi connectivity index (χ1) is 19.4. The van der Waals surface area contributed by atoms with Crippen LogP contribution in [-0.2, 0) is 25.5 Å². The van der Waals surface area contributed by atoms with Crippen molar-refractivity contribution in [3.63, 3.8) is 0 Å². The molecule has 3 amide bonds. The minimum Gasteiger partial charge on any atom is -0.497 e. The monoisotopic (exact) mass is 573 g/mol. The maximum absolute atomic E-state index is 13.0. The molecule has 2 fully saturated rings. The lowest BCUT2D eigenvalue weighted by Crippen LogP contribution is -2.46. The molecule has 2 aliphatic rings. The van der Waals surface area contributed by atoms with Crippen molar-refractivity contribution in [1.82, 2.24) is 15.1 Å². The van der Waals surface area contributed by atoms with Crippen LogP contribution in [0.5, 0.6) is 5.75 Å². The summed E-state index contributed by atoms with van der Waals surface area (Å²) in [6, 6.07) is 7.52. The number of hydrogen-bond donors (Lipinski definition) is 2. The molecule has 1 aromatic carbocycles. The highest BCUT2D eigenvalue weighted by molar-refractivity contribution is 5.82. The van der Waals surface area contributed by atoms with E-state index in [1.165, 1.54) is 0 Å². The zero-order valence-corrected chi connectivity index (χ0v) is 25.0. The summed E-state index contributed by atoms with van der Waals surface area (Å²) in [5, 5.41) is 12.5. The van der Waals surface area contributed by atoms with Crippen molar-refractivity contribution in [2.24, 2.45) is 17.8 Å². The molecule has 0 aromatic heterocycles. The summed E-state index contributed by atoms with van der Waals surface area (Å²) < 4.78 is 10.6. The van der Waals surface area contributed by atoms with E-state index in [2.05, 4.69) is 5.32 Å². The summed E-state index contributed by atoms with van der Waals surface area (Å²) in [4.78, 5) is 53.5. The number of methoxy groups -OCH3 is 1. The first-order valence-electron chi connectivity index (χ1n) is 14.8. The van der Waals surface area contributed by atoms with Crippen LogP contribution in [-0.4, -0.2) is 84.2 Å². The SMILES string of the molecule is COc1ccc(CC[C@H](CNC(=O)[C@@H]2CCCN(C(=O)CCC3CCN(C(=O)OC(C)(C)C)CC3)C2)C(=O)O)cc1. The number of benzene rings is 1. The van der Waals surface area contributed by atoms with Crippen molar-refractivity contribution in [2.75, 3.05) is 39.8 Å². The van der Waals surface area contributed by atoms with E-state index in [1.807, 2.05) is 45.0 Å². The zero-order valence-electron chi connectivity index (χ0n) is 25.0. The minimum absolute atomic E-state index is 0.0555. The second kappa shape index (κ2) is 15.1. The second-order valence-corrected chi connectivity index (χ2v) is 12.3. The number of ether oxygens (including phenoxy) is 2. The molecule has 0 radical (unpaired) electrons. The quantitative estimate of drug-likeness (QED) is 0.408. The van der Waals surface area contributed by atoms with Crippen LogP contribution in [0, 0.1) is 17.8 Å². The number of nitrogens with one attached hydrogen (secondary N) is 1. The normalized spacial score (nSPS) is 18.9. The van der Waals surface area contributed by atoms with Crippen LogP contribution in [0.2, 0.25) is 0 Å². The van der Waals surface area contributed by atoms with Gasteiger partial charge in [0.2, 0.25) is 11.8 Å². The Morgan fingerprint density at radius 1 is 1.02 bits per heavy atom. The Labute approximate surface area is 243 Å². The van der Waals surface area contributed by atoms with Crippen molar-refractivity contribution in [3.05, 3.63) is 29.8 Å². The van der Waals surface area contributed by atoms with Crippen LogP contribution in [0.3, 0.4) is 0 Å². The molecular formula is C31H47N3O7. The molecule has 10 heteroatoms.